The van der Waals surface area contributed by atoms with E-state index in [2.05, 4.69) is 19.9 Å². The molecule has 7 nitrogen and oxygen atoms in total. The predicted octanol–water partition coefficient (Wildman–Crippen LogP) is 3.37. The molecule has 1 aromatic carbocycles. The SMILES string of the molecule is CCc1nc(N)c2nc(-c3cncc(F)c3)n(Cc3cc(OC)ccc3F)c2n1. The number of pyridine rings is 1. The molecule has 0 fully saturated rings. The zero-order valence-corrected chi connectivity index (χ0v) is 15.9. The zero-order chi connectivity index (χ0) is 20.5. The molecule has 148 valence electrons. The lowest BCUT2D eigenvalue weighted by Gasteiger charge is -2.11. The molecule has 0 amide bonds. The van der Waals surface area contributed by atoms with Crippen molar-refractivity contribution in [1.82, 2.24) is 24.5 Å². The molecule has 3 aromatic heterocycles. The molecule has 0 spiro atoms. The van der Waals surface area contributed by atoms with Gasteiger partial charge in [0.15, 0.2) is 17.0 Å². The summed E-state index contributed by atoms with van der Waals surface area (Å²) >= 11 is 0. The Labute approximate surface area is 165 Å². The third kappa shape index (κ3) is 3.46. The van der Waals surface area contributed by atoms with Crippen LogP contribution in [-0.4, -0.2) is 31.6 Å². The number of benzene rings is 1. The highest BCUT2D eigenvalue weighted by Crippen LogP contribution is 2.28. The number of nitrogens with two attached hydrogens (primary N) is 1. The summed E-state index contributed by atoms with van der Waals surface area (Å²) in [6, 6.07) is 5.77. The van der Waals surface area contributed by atoms with E-state index in [-0.39, 0.29) is 12.4 Å². The zero-order valence-electron chi connectivity index (χ0n) is 15.9. The average molecular weight is 396 g/mol. The Hall–Kier alpha value is -3.62. The molecule has 4 aromatic rings. The number of imidazole rings is 1. The number of methoxy groups -OCH3 is 1. The largest absolute Gasteiger partial charge is 0.497 e. The van der Waals surface area contributed by atoms with Crippen molar-refractivity contribution < 1.29 is 13.5 Å². The molecule has 0 bridgehead atoms. The lowest BCUT2D eigenvalue weighted by molar-refractivity contribution is 0.412. The fourth-order valence-corrected chi connectivity index (χ4v) is 3.10. The molecule has 0 aliphatic carbocycles. The highest BCUT2D eigenvalue weighted by atomic mass is 19.1. The Morgan fingerprint density at radius 2 is 1.93 bits per heavy atom. The van der Waals surface area contributed by atoms with E-state index in [1.54, 1.807) is 10.6 Å². The first-order valence-electron chi connectivity index (χ1n) is 8.96. The first kappa shape index (κ1) is 18.7. The Morgan fingerprint density at radius 1 is 1.10 bits per heavy atom. The van der Waals surface area contributed by atoms with Crippen molar-refractivity contribution in [3.05, 3.63) is 59.7 Å². The first-order chi connectivity index (χ1) is 14.0. The summed E-state index contributed by atoms with van der Waals surface area (Å²) in [6.07, 6.45) is 3.14. The van der Waals surface area contributed by atoms with Crippen molar-refractivity contribution in [3.63, 3.8) is 0 Å². The molecular formula is C20H18F2N6O. The van der Waals surface area contributed by atoms with E-state index in [0.717, 1.165) is 6.20 Å². The third-order valence-corrected chi connectivity index (χ3v) is 4.53. The van der Waals surface area contributed by atoms with Crippen LogP contribution in [-0.2, 0) is 13.0 Å². The maximum absolute atomic E-state index is 14.5. The van der Waals surface area contributed by atoms with Crippen LogP contribution >= 0.6 is 0 Å². The number of hydrogen-bond acceptors (Lipinski definition) is 6. The molecule has 9 heteroatoms. The van der Waals surface area contributed by atoms with Crippen LogP contribution in [0.15, 0.2) is 36.7 Å². The fraction of sp³-hybridized carbons (Fsp3) is 0.200. The van der Waals surface area contributed by atoms with Gasteiger partial charge >= 0.3 is 0 Å². The number of rotatable bonds is 5. The van der Waals surface area contributed by atoms with Crippen LogP contribution in [0.2, 0.25) is 0 Å². The van der Waals surface area contributed by atoms with Crippen LogP contribution < -0.4 is 10.5 Å². The number of aromatic nitrogens is 5. The summed E-state index contributed by atoms with van der Waals surface area (Å²) in [6.45, 7) is 1.99. The van der Waals surface area contributed by atoms with Crippen molar-refractivity contribution in [3.8, 4) is 17.1 Å². The monoisotopic (exact) mass is 396 g/mol. The summed E-state index contributed by atoms with van der Waals surface area (Å²) in [4.78, 5) is 17.2. The standard InChI is InChI=1S/C20H18F2N6O/c1-3-16-25-18(23)17-20(26-16)28(10-12-7-14(29-2)4-5-15(12)22)19(27-17)11-6-13(21)9-24-8-11/h4-9H,3,10H2,1-2H3,(H2,23,25,26). The molecule has 0 aliphatic rings. The molecule has 3 heterocycles. The summed E-state index contributed by atoms with van der Waals surface area (Å²) in [7, 11) is 1.51. The number of hydrogen-bond donors (Lipinski definition) is 1. The van der Waals surface area contributed by atoms with Gasteiger partial charge in [-0.15, -0.1) is 0 Å². The van der Waals surface area contributed by atoms with Gasteiger partial charge in [0.2, 0.25) is 0 Å². The van der Waals surface area contributed by atoms with Gasteiger partial charge in [-0.3, -0.25) is 4.98 Å². The van der Waals surface area contributed by atoms with E-state index in [1.165, 1.54) is 31.5 Å². The average Bonchev–Trinajstić information content (AvgIpc) is 3.08. The Morgan fingerprint density at radius 3 is 2.66 bits per heavy atom. The van der Waals surface area contributed by atoms with E-state index in [4.69, 9.17) is 10.5 Å². The second-order valence-corrected chi connectivity index (χ2v) is 6.42. The molecule has 0 aliphatic heterocycles. The van der Waals surface area contributed by atoms with E-state index in [0.29, 0.717) is 46.1 Å². The lowest BCUT2D eigenvalue weighted by atomic mass is 10.2. The number of fused-ring (bicyclic) bond motifs is 1. The minimum atomic E-state index is -0.512. The van der Waals surface area contributed by atoms with Crippen LogP contribution in [0.1, 0.15) is 18.3 Å². The van der Waals surface area contributed by atoms with Gasteiger partial charge in [-0.1, -0.05) is 6.92 Å². The predicted molar refractivity (Wildman–Crippen MR) is 104 cm³/mol. The van der Waals surface area contributed by atoms with Crippen molar-refractivity contribution in [1.29, 1.82) is 0 Å². The van der Waals surface area contributed by atoms with Crippen molar-refractivity contribution in [2.75, 3.05) is 12.8 Å². The molecule has 2 N–H and O–H groups in total. The van der Waals surface area contributed by atoms with Crippen molar-refractivity contribution >= 4 is 17.0 Å². The van der Waals surface area contributed by atoms with Crippen LogP contribution in [0, 0.1) is 11.6 Å². The minimum absolute atomic E-state index is 0.0883. The minimum Gasteiger partial charge on any atom is -0.497 e. The molecule has 29 heavy (non-hydrogen) atoms. The molecular weight excluding hydrogens is 378 g/mol. The lowest BCUT2D eigenvalue weighted by Crippen LogP contribution is -2.07. The first-order valence-corrected chi connectivity index (χ1v) is 8.96. The van der Waals surface area contributed by atoms with Crippen molar-refractivity contribution in [2.24, 2.45) is 0 Å². The molecule has 0 radical (unpaired) electrons. The number of halogens is 2. The summed E-state index contributed by atoms with van der Waals surface area (Å²) in [5.41, 5.74) is 7.67. The second kappa shape index (κ2) is 7.42. The van der Waals surface area contributed by atoms with Gasteiger partial charge in [0.1, 0.15) is 29.0 Å². The van der Waals surface area contributed by atoms with Gasteiger partial charge in [0, 0.05) is 23.7 Å². The molecule has 0 unspecified atom stereocenters. The quantitative estimate of drug-likeness (QED) is 0.556. The van der Waals surface area contributed by atoms with E-state index in [9.17, 15) is 8.78 Å². The van der Waals surface area contributed by atoms with E-state index >= 15 is 0 Å². The Balaban J connectivity index is 1.97. The fourth-order valence-electron chi connectivity index (χ4n) is 3.10. The summed E-state index contributed by atoms with van der Waals surface area (Å²) in [5.74, 6) is 0.704. The van der Waals surface area contributed by atoms with Gasteiger partial charge in [-0.2, -0.15) is 0 Å². The van der Waals surface area contributed by atoms with Crippen LogP contribution in [0.25, 0.3) is 22.6 Å². The molecule has 0 saturated heterocycles. The van der Waals surface area contributed by atoms with Gasteiger partial charge in [0.25, 0.3) is 0 Å². The number of anilines is 1. The summed E-state index contributed by atoms with van der Waals surface area (Å²) < 4.78 is 35.2. The molecule has 0 saturated carbocycles. The summed E-state index contributed by atoms with van der Waals surface area (Å²) in [5, 5.41) is 0. The maximum Gasteiger partial charge on any atom is 0.166 e. The van der Waals surface area contributed by atoms with Gasteiger partial charge in [0.05, 0.1) is 19.9 Å². The van der Waals surface area contributed by atoms with Gasteiger partial charge < -0.3 is 15.0 Å². The maximum atomic E-state index is 14.5. The van der Waals surface area contributed by atoms with Crippen LogP contribution in [0.3, 0.4) is 0 Å². The molecule has 0 atom stereocenters. The van der Waals surface area contributed by atoms with Gasteiger partial charge in [-0.05, 0) is 24.3 Å². The highest BCUT2D eigenvalue weighted by molar-refractivity contribution is 5.85. The topological polar surface area (TPSA) is 91.7 Å². The smallest absolute Gasteiger partial charge is 0.166 e. The van der Waals surface area contributed by atoms with Gasteiger partial charge in [-0.25, -0.2) is 23.7 Å². The molecule has 4 rings (SSSR count). The van der Waals surface area contributed by atoms with Crippen LogP contribution in [0.5, 0.6) is 5.75 Å². The number of nitrogen functional groups attached to an aromatic ring is 1. The highest BCUT2D eigenvalue weighted by Gasteiger charge is 2.20. The normalized spacial score (nSPS) is 11.2. The Bertz CT molecular complexity index is 1210. The third-order valence-electron chi connectivity index (χ3n) is 4.53. The number of aryl methyl sites for hydroxylation is 1. The van der Waals surface area contributed by atoms with E-state index in [1.807, 2.05) is 6.92 Å². The Kier molecular flexibility index (Phi) is 4.79. The van der Waals surface area contributed by atoms with Crippen molar-refractivity contribution in [2.45, 2.75) is 19.9 Å². The number of nitrogens with zero attached hydrogens (tertiary/aromatic N) is 5. The second-order valence-electron chi connectivity index (χ2n) is 6.42. The van der Waals surface area contributed by atoms with Crippen LogP contribution in [0.4, 0.5) is 14.6 Å². The van der Waals surface area contributed by atoms with E-state index < -0.39 is 11.6 Å². The number of ether oxygens (including phenoxy) is 1.